The first-order chi connectivity index (χ1) is 11.2. The maximum atomic E-state index is 12.6. The molecule has 3 nitrogen and oxygen atoms in total. The van der Waals surface area contributed by atoms with Crippen LogP contribution in [0.15, 0.2) is 36.4 Å². The summed E-state index contributed by atoms with van der Waals surface area (Å²) in [6.07, 6.45) is -4.51. The Bertz CT molecular complexity index is 918. The van der Waals surface area contributed by atoms with Gasteiger partial charge in [0.1, 0.15) is 0 Å². The van der Waals surface area contributed by atoms with E-state index in [9.17, 15) is 18.0 Å². The molecule has 0 amide bonds. The number of nitriles is 1. The van der Waals surface area contributed by atoms with Crippen LogP contribution in [-0.4, -0.2) is 11.1 Å². The summed E-state index contributed by atoms with van der Waals surface area (Å²) < 4.78 is 37.7. The van der Waals surface area contributed by atoms with E-state index in [0.717, 1.165) is 18.2 Å². The number of alkyl halides is 3. The number of benzene rings is 2. The summed E-state index contributed by atoms with van der Waals surface area (Å²) in [5, 5.41) is 17.7. The van der Waals surface area contributed by atoms with Gasteiger partial charge in [-0.05, 0) is 36.4 Å². The Hall–Kier alpha value is -2.96. The zero-order chi connectivity index (χ0) is 17.9. The van der Waals surface area contributed by atoms with Gasteiger partial charge in [-0.15, -0.1) is 0 Å². The van der Waals surface area contributed by atoms with E-state index in [0.29, 0.717) is 0 Å². The molecule has 0 fully saturated rings. The number of rotatable bonds is 1. The maximum absolute atomic E-state index is 12.6. The van der Waals surface area contributed by atoms with Gasteiger partial charge in [-0.1, -0.05) is 23.4 Å². The second-order valence-corrected chi connectivity index (χ2v) is 5.07. The topological polar surface area (TPSA) is 61.1 Å². The molecular weight excluding hydrogens is 343 g/mol. The Kier molecular flexibility index (Phi) is 4.82. The van der Waals surface area contributed by atoms with E-state index in [2.05, 4.69) is 11.8 Å². The average molecular weight is 350 g/mol. The highest BCUT2D eigenvalue weighted by Gasteiger charge is 2.30. The predicted octanol–water partition coefficient (Wildman–Crippen LogP) is 4.33. The van der Waals surface area contributed by atoms with Crippen LogP contribution in [0.1, 0.15) is 32.6 Å². The monoisotopic (exact) mass is 349 g/mol. The summed E-state index contributed by atoms with van der Waals surface area (Å²) in [6.45, 7) is 0. The van der Waals surface area contributed by atoms with Crippen LogP contribution >= 0.6 is 11.6 Å². The fourth-order valence-electron chi connectivity index (χ4n) is 1.82. The van der Waals surface area contributed by atoms with Crippen LogP contribution in [0.25, 0.3) is 0 Å². The Morgan fingerprint density at radius 3 is 2.29 bits per heavy atom. The van der Waals surface area contributed by atoms with Gasteiger partial charge in [0.25, 0.3) is 0 Å². The van der Waals surface area contributed by atoms with Crippen molar-refractivity contribution in [1.82, 2.24) is 0 Å². The smallest absolute Gasteiger partial charge is 0.416 e. The number of hydrogen-bond donors (Lipinski definition) is 1. The molecule has 7 heteroatoms. The van der Waals surface area contributed by atoms with Gasteiger partial charge in [-0.2, -0.15) is 18.4 Å². The number of carboxylic acids is 1. The van der Waals surface area contributed by atoms with Gasteiger partial charge in [0.05, 0.1) is 27.8 Å². The summed E-state index contributed by atoms with van der Waals surface area (Å²) >= 11 is 5.79. The molecule has 24 heavy (non-hydrogen) atoms. The van der Waals surface area contributed by atoms with Crippen molar-refractivity contribution >= 4 is 17.6 Å². The molecule has 0 aliphatic heterocycles. The van der Waals surface area contributed by atoms with E-state index in [1.165, 1.54) is 18.2 Å². The molecule has 0 radical (unpaired) electrons. The number of halogens is 4. The summed E-state index contributed by atoms with van der Waals surface area (Å²) in [4.78, 5) is 11.0. The summed E-state index contributed by atoms with van der Waals surface area (Å²) in [7, 11) is 0. The molecule has 120 valence electrons. The Morgan fingerprint density at radius 2 is 1.75 bits per heavy atom. The predicted molar refractivity (Wildman–Crippen MR) is 80.6 cm³/mol. The molecule has 2 aromatic rings. The lowest BCUT2D eigenvalue weighted by Gasteiger charge is -2.07. The Morgan fingerprint density at radius 1 is 1.08 bits per heavy atom. The lowest BCUT2D eigenvalue weighted by Crippen LogP contribution is -2.04. The molecule has 0 aliphatic rings. The molecule has 0 unspecified atom stereocenters. The SMILES string of the molecule is N#Cc1cc(C#Cc2ccc(C(F)(F)F)cc2Cl)cc(C(=O)O)c1. The molecule has 0 atom stereocenters. The number of carbonyl (C=O) groups is 1. The third-order valence-corrected chi connectivity index (χ3v) is 3.26. The zero-order valence-corrected chi connectivity index (χ0v) is 12.5. The quantitative estimate of drug-likeness (QED) is 0.779. The molecule has 1 N–H and O–H groups in total. The number of hydrogen-bond acceptors (Lipinski definition) is 2. The highest BCUT2D eigenvalue weighted by atomic mass is 35.5. The molecule has 0 spiro atoms. The first kappa shape index (κ1) is 17.4. The Balaban J connectivity index is 2.42. The molecule has 0 aliphatic carbocycles. The molecule has 2 rings (SSSR count). The van der Waals surface area contributed by atoms with E-state index in [-0.39, 0.29) is 27.3 Å². The van der Waals surface area contributed by atoms with Crippen molar-refractivity contribution in [3.05, 3.63) is 69.2 Å². The standard InChI is InChI=1S/C17H7ClF3NO2/c18-15-8-14(17(19,20)21)4-3-12(15)2-1-10-5-11(9-22)7-13(6-10)16(23)24/h3-8H,(H,23,24). The first-order valence-corrected chi connectivity index (χ1v) is 6.76. The molecule has 2 aromatic carbocycles. The van der Waals surface area contributed by atoms with E-state index in [4.69, 9.17) is 22.0 Å². The van der Waals surface area contributed by atoms with Gasteiger partial charge in [0.15, 0.2) is 0 Å². The minimum Gasteiger partial charge on any atom is -0.478 e. The Labute approximate surface area is 139 Å². The van der Waals surface area contributed by atoms with E-state index < -0.39 is 17.7 Å². The van der Waals surface area contributed by atoms with Crippen molar-refractivity contribution in [3.8, 4) is 17.9 Å². The summed E-state index contributed by atoms with van der Waals surface area (Å²) in [6, 6.07) is 8.38. The van der Waals surface area contributed by atoms with Crippen LogP contribution in [0.3, 0.4) is 0 Å². The van der Waals surface area contributed by atoms with Crippen LogP contribution in [0.2, 0.25) is 5.02 Å². The minimum absolute atomic E-state index is 0.109. The lowest BCUT2D eigenvalue weighted by atomic mass is 10.1. The van der Waals surface area contributed by atoms with Crippen molar-refractivity contribution in [3.63, 3.8) is 0 Å². The van der Waals surface area contributed by atoms with Crippen molar-refractivity contribution in [2.45, 2.75) is 6.18 Å². The average Bonchev–Trinajstić information content (AvgIpc) is 2.52. The number of nitrogens with zero attached hydrogens (tertiary/aromatic N) is 1. The van der Waals surface area contributed by atoms with Crippen LogP contribution < -0.4 is 0 Å². The molecular formula is C17H7ClF3NO2. The normalized spacial score (nSPS) is 10.5. The highest BCUT2D eigenvalue weighted by Crippen LogP contribution is 2.31. The maximum Gasteiger partial charge on any atom is 0.416 e. The molecule has 0 saturated carbocycles. The van der Waals surface area contributed by atoms with Crippen LogP contribution in [0.5, 0.6) is 0 Å². The van der Waals surface area contributed by atoms with Crippen LogP contribution in [0.4, 0.5) is 13.2 Å². The number of carboxylic acid groups (broad SMARTS) is 1. The summed E-state index contributed by atoms with van der Waals surface area (Å²) in [5.74, 6) is 3.95. The van der Waals surface area contributed by atoms with Gasteiger partial charge >= 0.3 is 12.1 Å². The van der Waals surface area contributed by atoms with Crippen molar-refractivity contribution in [2.75, 3.05) is 0 Å². The second-order valence-electron chi connectivity index (χ2n) is 4.66. The van der Waals surface area contributed by atoms with Gasteiger partial charge in [0, 0.05) is 11.1 Å². The fourth-order valence-corrected chi connectivity index (χ4v) is 2.05. The van der Waals surface area contributed by atoms with Crippen LogP contribution in [0, 0.1) is 23.2 Å². The van der Waals surface area contributed by atoms with E-state index in [1.807, 2.05) is 6.07 Å². The fraction of sp³-hybridized carbons (Fsp3) is 0.0588. The van der Waals surface area contributed by atoms with Crippen molar-refractivity contribution < 1.29 is 23.1 Å². The van der Waals surface area contributed by atoms with E-state index >= 15 is 0 Å². The van der Waals surface area contributed by atoms with Gasteiger partial charge in [-0.25, -0.2) is 4.79 Å². The second kappa shape index (κ2) is 6.66. The molecule has 0 bridgehead atoms. The first-order valence-electron chi connectivity index (χ1n) is 6.38. The number of aromatic carboxylic acids is 1. The van der Waals surface area contributed by atoms with E-state index in [1.54, 1.807) is 0 Å². The third-order valence-electron chi connectivity index (χ3n) is 2.95. The van der Waals surface area contributed by atoms with Crippen LogP contribution in [-0.2, 0) is 6.18 Å². The lowest BCUT2D eigenvalue weighted by molar-refractivity contribution is -0.137. The third kappa shape index (κ3) is 4.07. The van der Waals surface area contributed by atoms with Gasteiger partial charge < -0.3 is 5.11 Å². The van der Waals surface area contributed by atoms with Gasteiger partial charge in [-0.3, -0.25) is 0 Å². The highest BCUT2D eigenvalue weighted by molar-refractivity contribution is 6.31. The molecule has 0 heterocycles. The summed E-state index contributed by atoms with van der Waals surface area (Å²) in [5.41, 5.74) is -0.501. The largest absolute Gasteiger partial charge is 0.478 e. The minimum atomic E-state index is -4.51. The van der Waals surface area contributed by atoms with Gasteiger partial charge in [0.2, 0.25) is 0 Å². The molecule has 0 saturated heterocycles. The molecule has 0 aromatic heterocycles. The zero-order valence-electron chi connectivity index (χ0n) is 11.8. The van der Waals surface area contributed by atoms with Crippen molar-refractivity contribution in [2.24, 2.45) is 0 Å². The van der Waals surface area contributed by atoms with Crippen molar-refractivity contribution in [1.29, 1.82) is 5.26 Å².